The Morgan fingerprint density at radius 1 is 1.10 bits per heavy atom. The van der Waals surface area contributed by atoms with Crippen LogP contribution in [0, 0.1) is 0 Å². The van der Waals surface area contributed by atoms with E-state index in [0.717, 1.165) is 17.0 Å². The molecule has 4 rings (SSSR count). The minimum atomic E-state index is 0.589. The topological polar surface area (TPSA) is 42.7 Å². The summed E-state index contributed by atoms with van der Waals surface area (Å²) >= 11 is 0. The van der Waals surface area contributed by atoms with Crippen molar-refractivity contribution in [3.8, 4) is 0 Å². The normalized spacial score (nSPS) is 15.6. The maximum absolute atomic E-state index is 4.50. The summed E-state index contributed by atoms with van der Waals surface area (Å²) in [5.41, 5.74) is 1.08. The van der Waals surface area contributed by atoms with E-state index < -0.39 is 0 Å². The Morgan fingerprint density at radius 2 is 2.00 bits per heavy atom. The third kappa shape index (κ3) is 2.27. The van der Waals surface area contributed by atoms with Gasteiger partial charge in [0.1, 0.15) is 0 Å². The van der Waals surface area contributed by atoms with Crippen LogP contribution in [-0.4, -0.2) is 14.5 Å². The third-order valence-corrected chi connectivity index (χ3v) is 4.31. The zero-order chi connectivity index (χ0) is 14.1. The summed E-state index contributed by atoms with van der Waals surface area (Å²) in [4.78, 5) is 8.68. The average molecular weight is 278 g/mol. The fraction of sp³-hybridized carbons (Fsp3) is 0.294. The molecule has 0 bridgehead atoms. The van der Waals surface area contributed by atoms with Crippen molar-refractivity contribution in [1.82, 2.24) is 14.5 Å². The Morgan fingerprint density at radius 3 is 2.90 bits per heavy atom. The molecule has 1 aliphatic rings. The second kappa shape index (κ2) is 5.20. The molecular weight excluding hydrogens is 260 g/mol. The molecule has 0 amide bonds. The number of hydrogen-bond donors (Lipinski definition) is 1. The predicted octanol–water partition coefficient (Wildman–Crippen LogP) is 4.29. The van der Waals surface area contributed by atoms with Crippen molar-refractivity contribution in [2.24, 2.45) is 0 Å². The monoisotopic (exact) mass is 278 g/mol. The zero-order valence-electron chi connectivity index (χ0n) is 11.9. The first-order chi connectivity index (χ1) is 10.4. The van der Waals surface area contributed by atoms with Crippen LogP contribution in [0.25, 0.3) is 10.8 Å². The summed E-state index contributed by atoms with van der Waals surface area (Å²) in [6.45, 7) is 0. The van der Waals surface area contributed by atoms with E-state index in [-0.39, 0.29) is 0 Å². The van der Waals surface area contributed by atoms with Gasteiger partial charge in [0.2, 0.25) is 5.95 Å². The maximum Gasteiger partial charge on any atom is 0.207 e. The highest BCUT2D eigenvalue weighted by Gasteiger charge is 2.19. The number of benzene rings is 1. The number of nitrogens with one attached hydrogen (secondary N) is 1. The first-order valence-electron chi connectivity index (χ1n) is 7.54. The summed E-state index contributed by atoms with van der Waals surface area (Å²) < 4.78 is 2.28. The van der Waals surface area contributed by atoms with Gasteiger partial charge in [0, 0.05) is 47.3 Å². The summed E-state index contributed by atoms with van der Waals surface area (Å²) in [6.07, 6.45) is 12.8. The van der Waals surface area contributed by atoms with Crippen molar-refractivity contribution in [2.45, 2.75) is 31.7 Å². The lowest BCUT2D eigenvalue weighted by Gasteiger charge is -2.16. The number of anilines is 2. The molecule has 4 nitrogen and oxygen atoms in total. The second-order valence-corrected chi connectivity index (χ2v) is 5.62. The van der Waals surface area contributed by atoms with Crippen molar-refractivity contribution in [2.75, 3.05) is 5.32 Å². The number of imidazole rings is 1. The van der Waals surface area contributed by atoms with Gasteiger partial charge in [-0.25, -0.2) is 4.98 Å². The molecule has 106 valence electrons. The van der Waals surface area contributed by atoms with Gasteiger partial charge in [-0.1, -0.05) is 25.0 Å². The molecule has 0 unspecified atom stereocenters. The Kier molecular flexibility index (Phi) is 3.07. The Balaban J connectivity index is 1.71. The number of aromatic nitrogens is 3. The molecule has 0 saturated heterocycles. The molecule has 21 heavy (non-hydrogen) atoms. The molecule has 1 saturated carbocycles. The van der Waals surface area contributed by atoms with Crippen molar-refractivity contribution in [1.29, 1.82) is 0 Å². The summed E-state index contributed by atoms with van der Waals surface area (Å²) in [5.74, 6) is 0.936. The quantitative estimate of drug-likeness (QED) is 0.777. The fourth-order valence-corrected chi connectivity index (χ4v) is 3.24. The molecule has 1 aliphatic carbocycles. The Labute approximate surface area is 123 Å². The average Bonchev–Trinajstić information content (AvgIpc) is 3.18. The lowest BCUT2D eigenvalue weighted by Crippen LogP contribution is -2.08. The first-order valence-corrected chi connectivity index (χ1v) is 7.54. The van der Waals surface area contributed by atoms with Gasteiger partial charge in [-0.3, -0.25) is 4.98 Å². The highest BCUT2D eigenvalue weighted by molar-refractivity contribution is 5.94. The molecule has 0 spiro atoms. The maximum atomic E-state index is 4.50. The van der Waals surface area contributed by atoms with Crippen LogP contribution in [0.2, 0.25) is 0 Å². The number of pyridine rings is 1. The third-order valence-electron chi connectivity index (χ3n) is 4.31. The van der Waals surface area contributed by atoms with Crippen molar-refractivity contribution >= 4 is 22.4 Å². The van der Waals surface area contributed by atoms with E-state index in [1.165, 1.54) is 31.1 Å². The molecular formula is C17H18N4. The van der Waals surface area contributed by atoms with Crippen molar-refractivity contribution in [3.63, 3.8) is 0 Å². The molecule has 4 heteroatoms. The number of fused-ring (bicyclic) bond motifs is 1. The van der Waals surface area contributed by atoms with Crippen molar-refractivity contribution in [3.05, 3.63) is 49.1 Å². The van der Waals surface area contributed by atoms with Gasteiger partial charge in [0.15, 0.2) is 0 Å². The van der Waals surface area contributed by atoms with Gasteiger partial charge in [0.05, 0.1) is 0 Å². The van der Waals surface area contributed by atoms with E-state index in [1.807, 2.05) is 24.7 Å². The van der Waals surface area contributed by atoms with E-state index in [0.29, 0.717) is 6.04 Å². The van der Waals surface area contributed by atoms with Crippen LogP contribution in [0.15, 0.2) is 49.1 Å². The molecule has 3 aromatic rings. The van der Waals surface area contributed by atoms with Crippen LogP contribution in [0.1, 0.15) is 31.7 Å². The SMILES string of the molecule is c1cc(Nc2nccn2C2CCCC2)c2ccncc2c1. The van der Waals surface area contributed by atoms with Crippen LogP contribution in [-0.2, 0) is 0 Å². The molecule has 2 heterocycles. The first kappa shape index (κ1) is 12.4. The number of hydrogen-bond acceptors (Lipinski definition) is 3. The van der Waals surface area contributed by atoms with Crippen molar-refractivity contribution < 1.29 is 0 Å². The van der Waals surface area contributed by atoms with Gasteiger partial charge in [0.25, 0.3) is 0 Å². The summed E-state index contributed by atoms with van der Waals surface area (Å²) in [5, 5.41) is 5.81. The lowest BCUT2D eigenvalue weighted by atomic mass is 10.1. The van der Waals surface area contributed by atoms with Crippen LogP contribution in [0.3, 0.4) is 0 Å². The molecule has 0 aliphatic heterocycles. The summed E-state index contributed by atoms with van der Waals surface area (Å²) in [6, 6.07) is 8.86. The van der Waals surface area contributed by atoms with Crippen LogP contribution in [0.5, 0.6) is 0 Å². The Hall–Kier alpha value is -2.36. The smallest absolute Gasteiger partial charge is 0.207 e. The fourth-order valence-electron chi connectivity index (χ4n) is 3.24. The van der Waals surface area contributed by atoms with Crippen LogP contribution < -0.4 is 5.32 Å². The standard InChI is InChI=1S/C17H18N4/c1-2-6-14(5-1)21-11-10-19-17(21)20-16-7-3-4-13-12-18-9-8-15(13)16/h3-4,7-12,14H,1-2,5-6H2,(H,19,20). The minimum absolute atomic E-state index is 0.589. The van der Waals surface area contributed by atoms with Gasteiger partial charge in [-0.2, -0.15) is 0 Å². The van der Waals surface area contributed by atoms with E-state index >= 15 is 0 Å². The molecule has 0 atom stereocenters. The highest BCUT2D eigenvalue weighted by atomic mass is 15.2. The Bertz CT molecular complexity index is 751. The van der Waals surface area contributed by atoms with E-state index in [1.54, 1.807) is 0 Å². The number of nitrogens with zero attached hydrogens (tertiary/aromatic N) is 3. The largest absolute Gasteiger partial charge is 0.325 e. The lowest BCUT2D eigenvalue weighted by molar-refractivity contribution is 0.525. The zero-order valence-corrected chi connectivity index (χ0v) is 11.9. The molecule has 2 aromatic heterocycles. The van der Waals surface area contributed by atoms with Gasteiger partial charge in [-0.05, 0) is 25.0 Å². The van der Waals surface area contributed by atoms with E-state index in [2.05, 4.69) is 44.2 Å². The van der Waals surface area contributed by atoms with Crippen LogP contribution in [0.4, 0.5) is 11.6 Å². The van der Waals surface area contributed by atoms with Gasteiger partial charge in [-0.15, -0.1) is 0 Å². The number of rotatable bonds is 3. The second-order valence-electron chi connectivity index (χ2n) is 5.62. The molecule has 1 N–H and O–H groups in total. The minimum Gasteiger partial charge on any atom is -0.325 e. The summed E-state index contributed by atoms with van der Waals surface area (Å²) in [7, 11) is 0. The van der Waals surface area contributed by atoms with E-state index in [4.69, 9.17) is 0 Å². The van der Waals surface area contributed by atoms with Gasteiger partial charge < -0.3 is 9.88 Å². The molecule has 1 fully saturated rings. The predicted molar refractivity (Wildman–Crippen MR) is 84.8 cm³/mol. The molecule has 1 aromatic carbocycles. The van der Waals surface area contributed by atoms with Crippen LogP contribution >= 0.6 is 0 Å². The van der Waals surface area contributed by atoms with Gasteiger partial charge >= 0.3 is 0 Å². The highest BCUT2D eigenvalue weighted by Crippen LogP contribution is 2.33. The van der Waals surface area contributed by atoms with E-state index in [9.17, 15) is 0 Å². The molecule has 0 radical (unpaired) electrons.